The zero-order chi connectivity index (χ0) is 14.5. The number of carbonyl (C=O) groups excluding carboxylic acids is 1. The van der Waals surface area contributed by atoms with Crippen molar-refractivity contribution < 1.29 is 4.79 Å². The van der Waals surface area contributed by atoms with Crippen LogP contribution >= 0.6 is 23.1 Å². The molecular formula is C11H12N6OS2. The standard InChI is InChI=1S/C11H12N6OS2/c1-3-17-11(14-15-16-17)20-7(2)9(18)13-10-8(6-12)4-5-19-10/h4-5,7H,3H2,1-2H3,(H,13,18). The smallest absolute Gasteiger partial charge is 0.238 e. The molecule has 0 radical (unpaired) electrons. The van der Waals surface area contributed by atoms with Crippen molar-refractivity contribution in [3.05, 3.63) is 17.0 Å². The lowest BCUT2D eigenvalue weighted by Gasteiger charge is -2.10. The summed E-state index contributed by atoms with van der Waals surface area (Å²) in [7, 11) is 0. The summed E-state index contributed by atoms with van der Waals surface area (Å²) in [5.74, 6) is -0.181. The monoisotopic (exact) mass is 308 g/mol. The van der Waals surface area contributed by atoms with E-state index in [4.69, 9.17) is 5.26 Å². The lowest BCUT2D eigenvalue weighted by molar-refractivity contribution is -0.115. The Morgan fingerprint density at radius 1 is 1.70 bits per heavy atom. The van der Waals surface area contributed by atoms with Crippen molar-refractivity contribution in [1.29, 1.82) is 5.26 Å². The number of thioether (sulfide) groups is 1. The molecule has 0 aromatic carbocycles. The number of aryl methyl sites for hydroxylation is 1. The van der Waals surface area contributed by atoms with Crippen molar-refractivity contribution in [2.24, 2.45) is 0 Å². The van der Waals surface area contributed by atoms with Crippen molar-refractivity contribution in [1.82, 2.24) is 20.2 Å². The molecule has 1 unspecified atom stereocenters. The third-order valence-corrected chi connectivity index (χ3v) is 4.37. The molecule has 104 valence electrons. The molecule has 9 heteroatoms. The minimum atomic E-state index is -0.361. The van der Waals surface area contributed by atoms with E-state index in [1.807, 2.05) is 13.0 Å². The molecule has 2 heterocycles. The fourth-order valence-electron chi connectivity index (χ4n) is 1.40. The fraction of sp³-hybridized carbons (Fsp3) is 0.364. The van der Waals surface area contributed by atoms with Gasteiger partial charge in [-0.15, -0.1) is 16.4 Å². The number of nitrogens with one attached hydrogen (secondary N) is 1. The molecule has 1 amide bonds. The van der Waals surface area contributed by atoms with Crippen molar-refractivity contribution in [3.63, 3.8) is 0 Å². The SMILES string of the molecule is CCn1nnnc1SC(C)C(=O)Nc1sccc1C#N. The number of hydrogen-bond donors (Lipinski definition) is 1. The summed E-state index contributed by atoms with van der Waals surface area (Å²) in [5, 5.41) is 25.5. The second-order valence-corrected chi connectivity index (χ2v) is 6.03. The van der Waals surface area contributed by atoms with E-state index in [1.54, 1.807) is 23.1 Å². The van der Waals surface area contributed by atoms with Gasteiger partial charge in [0.15, 0.2) is 0 Å². The minimum absolute atomic E-state index is 0.181. The van der Waals surface area contributed by atoms with Crippen LogP contribution in [0.2, 0.25) is 0 Å². The molecule has 2 rings (SSSR count). The number of aromatic nitrogens is 4. The lowest BCUT2D eigenvalue weighted by atomic mass is 10.3. The second kappa shape index (κ2) is 6.49. The highest BCUT2D eigenvalue weighted by Gasteiger charge is 2.19. The second-order valence-electron chi connectivity index (χ2n) is 3.80. The quantitative estimate of drug-likeness (QED) is 0.845. The molecule has 2 aromatic rings. The first-order chi connectivity index (χ1) is 9.65. The molecule has 0 aliphatic rings. The van der Waals surface area contributed by atoms with Crippen LogP contribution in [0.25, 0.3) is 0 Å². The van der Waals surface area contributed by atoms with Crippen LogP contribution in [0.4, 0.5) is 5.00 Å². The third-order valence-electron chi connectivity index (χ3n) is 2.47. The van der Waals surface area contributed by atoms with Crippen molar-refractivity contribution in [2.75, 3.05) is 5.32 Å². The molecule has 0 fully saturated rings. The zero-order valence-corrected chi connectivity index (χ0v) is 12.5. The molecular weight excluding hydrogens is 296 g/mol. The first-order valence-electron chi connectivity index (χ1n) is 5.87. The number of anilines is 1. The van der Waals surface area contributed by atoms with E-state index < -0.39 is 0 Å². The van der Waals surface area contributed by atoms with Gasteiger partial charge < -0.3 is 5.32 Å². The van der Waals surface area contributed by atoms with E-state index in [1.165, 1.54) is 23.1 Å². The van der Waals surface area contributed by atoms with Crippen LogP contribution in [0, 0.1) is 11.3 Å². The summed E-state index contributed by atoms with van der Waals surface area (Å²) in [6, 6.07) is 3.71. The Balaban J connectivity index is 2.01. The molecule has 2 aromatic heterocycles. The van der Waals surface area contributed by atoms with Gasteiger partial charge >= 0.3 is 0 Å². The predicted octanol–water partition coefficient (Wildman–Crippen LogP) is 1.75. The van der Waals surface area contributed by atoms with E-state index in [0.717, 1.165) is 0 Å². The highest BCUT2D eigenvalue weighted by Crippen LogP contribution is 2.25. The van der Waals surface area contributed by atoms with Gasteiger partial charge in [-0.1, -0.05) is 11.8 Å². The molecule has 7 nitrogen and oxygen atoms in total. The van der Waals surface area contributed by atoms with E-state index in [9.17, 15) is 4.79 Å². The largest absolute Gasteiger partial charge is 0.316 e. The Labute approximate surface area is 124 Å². The topological polar surface area (TPSA) is 96.5 Å². The maximum Gasteiger partial charge on any atom is 0.238 e. The molecule has 20 heavy (non-hydrogen) atoms. The first kappa shape index (κ1) is 14.5. The van der Waals surface area contributed by atoms with Gasteiger partial charge in [-0.25, -0.2) is 4.68 Å². The van der Waals surface area contributed by atoms with Gasteiger partial charge in [-0.2, -0.15) is 5.26 Å². The minimum Gasteiger partial charge on any atom is -0.316 e. The molecule has 0 bridgehead atoms. The summed E-state index contributed by atoms with van der Waals surface area (Å²) < 4.78 is 1.63. The maximum absolute atomic E-state index is 12.1. The van der Waals surface area contributed by atoms with Crippen LogP contribution in [-0.4, -0.2) is 31.4 Å². The van der Waals surface area contributed by atoms with Gasteiger partial charge in [0.2, 0.25) is 11.1 Å². The number of thiophene rings is 1. The van der Waals surface area contributed by atoms with Crippen LogP contribution < -0.4 is 5.32 Å². The lowest BCUT2D eigenvalue weighted by Crippen LogP contribution is -2.22. The van der Waals surface area contributed by atoms with Gasteiger partial charge in [-0.3, -0.25) is 4.79 Å². The summed E-state index contributed by atoms with van der Waals surface area (Å²) in [4.78, 5) is 12.1. The van der Waals surface area contributed by atoms with E-state index in [0.29, 0.717) is 22.3 Å². The van der Waals surface area contributed by atoms with Gasteiger partial charge in [-0.05, 0) is 35.7 Å². The number of hydrogen-bond acceptors (Lipinski definition) is 7. The van der Waals surface area contributed by atoms with Crippen molar-refractivity contribution in [2.45, 2.75) is 30.8 Å². The molecule has 0 aliphatic heterocycles. The first-order valence-corrected chi connectivity index (χ1v) is 7.63. The fourth-order valence-corrected chi connectivity index (χ4v) is 2.99. The highest BCUT2D eigenvalue weighted by molar-refractivity contribution is 8.00. The molecule has 0 spiro atoms. The Morgan fingerprint density at radius 2 is 2.50 bits per heavy atom. The average Bonchev–Trinajstić information content (AvgIpc) is 3.07. The highest BCUT2D eigenvalue weighted by atomic mass is 32.2. The number of rotatable bonds is 5. The maximum atomic E-state index is 12.1. The number of amides is 1. The Morgan fingerprint density at radius 3 is 3.20 bits per heavy atom. The normalized spacial score (nSPS) is 11.8. The van der Waals surface area contributed by atoms with Crippen molar-refractivity contribution >= 4 is 34.0 Å². The zero-order valence-electron chi connectivity index (χ0n) is 10.9. The molecule has 0 saturated heterocycles. The number of carbonyl (C=O) groups is 1. The van der Waals surface area contributed by atoms with E-state index >= 15 is 0 Å². The number of nitriles is 1. The van der Waals surface area contributed by atoms with Gasteiger partial charge in [0.1, 0.15) is 11.1 Å². The van der Waals surface area contributed by atoms with Crippen LogP contribution in [0.1, 0.15) is 19.4 Å². The third kappa shape index (κ3) is 3.15. The Kier molecular flexibility index (Phi) is 4.70. The van der Waals surface area contributed by atoms with Crippen LogP contribution in [-0.2, 0) is 11.3 Å². The average molecular weight is 308 g/mol. The molecule has 0 saturated carbocycles. The summed E-state index contributed by atoms with van der Waals surface area (Å²) in [6.45, 7) is 4.34. The Hall–Kier alpha value is -1.92. The van der Waals surface area contributed by atoms with Crippen LogP contribution in [0.15, 0.2) is 16.6 Å². The predicted molar refractivity (Wildman–Crippen MR) is 76.5 cm³/mol. The van der Waals surface area contributed by atoms with Crippen LogP contribution in [0.5, 0.6) is 0 Å². The molecule has 1 atom stereocenters. The van der Waals surface area contributed by atoms with Gasteiger partial charge in [0, 0.05) is 6.54 Å². The molecule has 1 N–H and O–H groups in total. The van der Waals surface area contributed by atoms with Crippen LogP contribution in [0.3, 0.4) is 0 Å². The van der Waals surface area contributed by atoms with E-state index in [-0.39, 0.29) is 11.2 Å². The molecule has 0 aliphatic carbocycles. The number of tetrazole rings is 1. The Bertz CT molecular complexity index is 643. The summed E-state index contributed by atoms with van der Waals surface area (Å²) >= 11 is 2.61. The summed E-state index contributed by atoms with van der Waals surface area (Å²) in [6.07, 6.45) is 0. The van der Waals surface area contributed by atoms with Gasteiger partial charge in [0.25, 0.3) is 0 Å². The van der Waals surface area contributed by atoms with E-state index in [2.05, 4.69) is 20.8 Å². The summed E-state index contributed by atoms with van der Waals surface area (Å²) in [5.41, 5.74) is 0.471. The number of nitrogens with zero attached hydrogens (tertiary/aromatic N) is 5. The van der Waals surface area contributed by atoms with Gasteiger partial charge in [0.05, 0.1) is 10.8 Å². The van der Waals surface area contributed by atoms with Crippen molar-refractivity contribution in [3.8, 4) is 6.07 Å².